The van der Waals surface area contributed by atoms with Crippen LogP contribution in [0.25, 0.3) is 11.5 Å². The molecule has 2 aromatic heterocycles. The molecule has 6 heteroatoms. The van der Waals surface area contributed by atoms with E-state index < -0.39 is 0 Å². The van der Waals surface area contributed by atoms with Crippen LogP contribution in [0.3, 0.4) is 0 Å². The van der Waals surface area contributed by atoms with E-state index in [1.54, 1.807) is 6.20 Å². The van der Waals surface area contributed by atoms with E-state index in [1.165, 1.54) is 0 Å². The van der Waals surface area contributed by atoms with Crippen LogP contribution in [-0.4, -0.2) is 32.4 Å². The van der Waals surface area contributed by atoms with Crippen LogP contribution in [-0.2, 0) is 6.42 Å². The van der Waals surface area contributed by atoms with Crippen molar-refractivity contribution >= 4 is 5.82 Å². The fourth-order valence-electron chi connectivity index (χ4n) is 1.43. The minimum absolute atomic E-state index is 0.601. The number of aryl methyl sites for hydroxylation is 1. The lowest BCUT2D eigenvalue weighted by Crippen LogP contribution is -2.01. The van der Waals surface area contributed by atoms with Crippen molar-refractivity contribution < 1.29 is 0 Å². The largest absolute Gasteiger partial charge is 0.373 e. The Morgan fingerprint density at radius 2 is 2.25 bits per heavy atom. The molecular formula is C10H14N6. The van der Waals surface area contributed by atoms with Gasteiger partial charge in [0, 0.05) is 18.8 Å². The summed E-state index contributed by atoms with van der Waals surface area (Å²) < 4.78 is 0. The van der Waals surface area contributed by atoms with Gasteiger partial charge in [-0.1, -0.05) is 13.3 Å². The molecular weight excluding hydrogens is 204 g/mol. The fourth-order valence-corrected chi connectivity index (χ4v) is 1.43. The van der Waals surface area contributed by atoms with Crippen LogP contribution in [0.1, 0.15) is 19.0 Å². The lowest BCUT2D eigenvalue weighted by atomic mass is 10.2. The third kappa shape index (κ3) is 2.16. The molecule has 0 unspecified atom stereocenters. The number of anilines is 1. The Morgan fingerprint density at radius 3 is 2.88 bits per heavy atom. The number of hydrogen-bond donors (Lipinski definition) is 2. The van der Waals surface area contributed by atoms with Gasteiger partial charge in [0.05, 0.1) is 6.20 Å². The van der Waals surface area contributed by atoms with E-state index in [1.807, 2.05) is 13.1 Å². The van der Waals surface area contributed by atoms with Gasteiger partial charge in [-0.05, 0) is 6.42 Å². The van der Waals surface area contributed by atoms with Gasteiger partial charge in [-0.2, -0.15) is 15.4 Å². The van der Waals surface area contributed by atoms with E-state index in [0.29, 0.717) is 11.5 Å². The standard InChI is InChI=1S/C10H14N6/c1-3-4-7-5-9(11-2)14-10(13-7)8-6-12-16-15-8/h5-6H,3-4H2,1-2H3,(H,11,13,14)(H,12,15,16). The van der Waals surface area contributed by atoms with E-state index in [0.717, 1.165) is 24.4 Å². The summed E-state index contributed by atoms with van der Waals surface area (Å²) in [7, 11) is 1.84. The van der Waals surface area contributed by atoms with Crippen LogP contribution < -0.4 is 5.32 Å². The van der Waals surface area contributed by atoms with E-state index in [-0.39, 0.29) is 0 Å². The normalized spacial score (nSPS) is 10.4. The summed E-state index contributed by atoms with van der Waals surface area (Å²) in [6, 6.07) is 1.95. The molecule has 2 rings (SSSR count). The highest BCUT2D eigenvalue weighted by Gasteiger charge is 2.07. The zero-order chi connectivity index (χ0) is 11.4. The van der Waals surface area contributed by atoms with Gasteiger partial charge in [0.2, 0.25) is 0 Å². The molecule has 0 aliphatic heterocycles. The van der Waals surface area contributed by atoms with Crippen LogP contribution in [0.5, 0.6) is 0 Å². The maximum absolute atomic E-state index is 4.44. The van der Waals surface area contributed by atoms with Crippen LogP contribution in [0.15, 0.2) is 12.3 Å². The number of rotatable bonds is 4. The lowest BCUT2D eigenvalue weighted by Gasteiger charge is -2.05. The number of nitrogens with zero attached hydrogens (tertiary/aromatic N) is 4. The average Bonchev–Trinajstić information content (AvgIpc) is 2.82. The molecule has 2 heterocycles. The Hall–Kier alpha value is -1.98. The van der Waals surface area contributed by atoms with E-state index >= 15 is 0 Å². The molecule has 0 spiro atoms. The van der Waals surface area contributed by atoms with E-state index in [2.05, 4.69) is 37.6 Å². The molecule has 0 atom stereocenters. The first-order valence-corrected chi connectivity index (χ1v) is 5.25. The summed E-state index contributed by atoms with van der Waals surface area (Å²) in [6.45, 7) is 2.12. The maximum atomic E-state index is 4.44. The van der Waals surface area contributed by atoms with Gasteiger partial charge in [-0.3, -0.25) is 0 Å². The molecule has 6 nitrogen and oxygen atoms in total. The van der Waals surface area contributed by atoms with Gasteiger partial charge in [-0.25, -0.2) is 9.97 Å². The third-order valence-corrected chi connectivity index (χ3v) is 2.19. The molecule has 84 valence electrons. The van der Waals surface area contributed by atoms with Crippen molar-refractivity contribution in [3.05, 3.63) is 18.0 Å². The Labute approximate surface area is 93.5 Å². The molecule has 0 saturated carbocycles. The molecule has 0 aliphatic carbocycles. The highest BCUT2D eigenvalue weighted by molar-refractivity contribution is 5.51. The Kier molecular flexibility index (Phi) is 3.09. The monoisotopic (exact) mass is 218 g/mol. The van der Waals surface area contributed by atoms with Crippen molar-refractivity contribution in [1.29, 1.82) is 0 Å². The van der Waals surface area contributed by atoms with Gasteiger partial charge in [0.25, 0.3) is 0 Å². The minimum Gasteiger partial charge on any atom is -0.373 e. The molecule has 2 N–H and O–H groups in total. The van der Waals surface area contributed by atoms with Crippen molar-refractivity contribution in [3.63, 3.8) is 0 Å². The average molecular weight is 218 g/mol. The van der Waals surface area contributed by atoms with Crippen molar-refractivity contribution in [3.8, 4) is 11.5 Å². The molecule has 2 aromatic rings. The van der Waals surface area contributed by atoms with Crippen LogP contribution in [0, 0.1) is 0 Å². The lowest BCUT2D eigenvalue weighted by molar-refractivity contribution is 0.873. The zero-order valence-electron chi connectivity index (χ0n) is 9.36. The summed E-state index contributed by atoms with van der Waals surface area (Å²) in [5.74, 6) is 1.40. The van der Waals surface area contributed by atoms with E-state index in [4.69, 9.17) is 0 Å². The maximum Gasteiger partial charge on any atom is 0.183 e. The van der Waals surface area contributed by atoms with Crippen LogP contribution >= 0.6 is 0 Å². The SMILES string of the molecule is CCCc1cc(NC)nc(-c2cn[nH]n2)n1. The molecule has 0 fully saturated rings. The first kappa shape index (κ1) is 10.5. The topological polar surface area (TPSA) is 79.4 Å². The first-order valence-electron chi connectivity index (χ1n) is 5.25. The van der Waals surface area contributed by atoms with Crippen LogP contribution in [0.2, 0.25) is 0 Å². The Balaban J connectivity index is 2.41. The molecule has 0 saturated heterocycles. The smallest absolute Gasteiger partial charge is 0.183 e. The highest BCUT2D eigenvalue weighted by atomic mass is 15.3. The minimum atomic E-state index is 0.601. The second-order valence-corrected chi connectivity index (χ2v) is 3.42. The van der Waals surface area contributed by atoms with Crippen molar-refractivity contribution in [2.45, 2.75) is 19.8 Å². The molecule has 0 aromatic carbocycles. The summed E-state index contributed by atoms with van der Waals surface area (Å²) in [5.41, 5.74) is 1.68. The van der Waals surface area contributed by atoms with Gasteiger partial charge in [-0.15, -0.1) is 0 Å². The number of nitrogens with one attached hydrogen (secondary N) is 2. The van der Waals surface area contributed by atoms with Crippen LogP contribution in [0.4, 0.5) is 5.82 Å². The van der Waals surface area contributed by atoms with Gasteiger partial charge >= 0.3 is 0 Å². The first-order chi connectivity index (χ1) is 7.83. The van der Waals surface area contributed by atoms with Gasteiger partial charge in [0.1, 0.15) is 11.5 Å². The van der Waals surface area contributed by atoms with Crippen molar-refractivity contribution in [2.75, 3.05) is 12.4 Å². The summed E-state index contributed by atoms with van der Waals surface area (Å²) in [4.78, 5) is 8.77. The van der Waals surface area contributed by atoms with Crippen molar-refractivity contribution in [2.24, 2.45) is 0 Å². The predicted octanol–water partition coefficient (Wildman–Crippen LogP) is 1.26. The number of aromatic nitrogens is 5. The Morgan fingerprint density at radius 1 is 1.38 bits per heavy atom. The number of H-pyrrole nitrogens is 1. The zero-order valence-corrected chi connectivity index (χ0v) is 9.36. The number of hydrogen-bond acceptors (Lipinski definition) is 5. The van der Waals surface area contributed by atoms with Crippen molar-refractivity contribution in [1.82, 2.24) is 25.4 Å². The second-order valence-electron chi connectivity index (χ2n) is 3.42. The highest BCUT2D eigenvalue weighted by Crippen LogP contribution is 2.15. The van der Waals surface area contributed by atoms with Gasteiger partial charge in [0.15, 0.2) is 5.82 Å². The predicted molar refractivity (Wildman–Crippen MR) is 61.0 cm³/mol. The van der Waals surface area contributed by atoms with E-state index in [9.17, 15) is 0 Å². The Bertz CT molecular complexity index is 450. The number of aromatic amines is 1. The van der Waals surface area contributed by atoms with Gasteiger partial charge < -0.3 is 5.32 Å². The molecule has 16 heavy (non-hydrogen) atoms. The molecule has 0 amide bonds. The molecule has 0 aliphatic rings. The second kappa shape index (κ2) is 4.69. The summed E-state index contributed by atoms with van der Waals surface area (Å²) in [6.07, 6.45) is 3.60. The molecule has 0 bridgehead atoms. The summed E-state index contributed by atoms with van der Waals surface area (Å²) >= 11 is 0. The molecule has 0 radical (unpaired) electrons. The summed E-state index contributed by atoms with van der Waals surface area (Å²) in [5, 5.41) is 13.3. The quantitative estimate of drug-likeness (QED) is 0.807. The fraction of sp³-hybridized carbons (Fsp3) is 0.400. The third-order valence-electron chi connectivity index (χ3n) is 2.19.